The molecule has 0 radical (unpaired) electrons. The molecule has 0 aliphatic carbocycles. The van der Waals surface area contributed by atoms with Crippen molar-refractivity contribution in [3.63, 3.8) is 0 Å². The van der Waals surface area contributed by atoms with Crippen molar-refractivity contribution < 1.29 is 19.1 Å². The monoisotopic (exact) mass is 377 g/mol. The van der Waals surface area contributed by atoms with Crippen LogP contribution in [0, 0.1) is 5.41 Å². The van der Waals surface area contributed by atoms with Crippen molar-refractivity contribution in [3.05, 3.63) is 0 Å². The molecule has 1 saturated heterocycles. The molecule has 22 heavy (non-hydrogen) atoms. The van der Waals surface area contributed by atoms with Crippen LogP contribution in [0.5, 0.6) is 0 Å². The topological polar surface area (TPSA) is 55.8 Å². The highest BCUT2D eigenvalue weighted by atomic mass is 79.9. The standard InChI is InChI=1S/C16H28BrNO4/c1-15(2,3)22-14(20)18-10-7-8-16(4,12-18)13(19)21-11-6-5-9-17/h5-12H2,1-4H3. The van der Waals surface area contributed by atoms with Gasteiger partial charge in [0, 0.05) is 18.4 Å². The Labute approximate surface area is 141 Å². The van der Waals surface area contributed by atoms with Crippen LogP contribution in [0.1, 0.15) is 53.4 Å². The molecule has 0 saturated carbocycles. The third kappa shape index (κ3) is 6.15. The van der Waals surface area contributed by atoms with Gasteiger partial charge in [0.15, 0.2) is 0 Å². The van der Waals surface area contributed by atoms with Crippen molar-refractivity contribution >= 4 is 28.0 Å². The Bertz CT molecular complexity index is 394. The minimum Gasteiger partial charge on any atom is -0.465 e. The number of carbonyl (C=O) groups is 2. The maximum atomic E-state index is 12.3. The molecule has 0 N–H and O–H groups in total. The number of hydrogen-bond donors (Lipinski definition) is 0. The first kappa shape index (κ1) is 19.3. The number of nitrogens with zero attached hydrogens (tertiary/aromatic N) is 1. The van der Waals surface area contributed by atoms with E-state index in [9.17, 15) is 9.59 Å². The molecule has 0 aromatic heterocycles. The Balaban J connectivity index is 2.56. The Morgan fingerprint density at radius 2 is 1.95 bits per heavy atom. The zero-order valence-corrected chi connectivity index (χ0v) is 15.7. The van der Waals surface area contributed by atoms with Gasteiger partial charge < -0.3 is 14.4 Å². The Hall–Kier alpha value is -0.780. The summed E-state index contributed by atoms with van der Waals surface area (Å²) in [5.74, 6) is -0.213. The molecular formula is C16H28BrNO4. The molecule has 1 unspecified atom stereocenters. The van der Waals surface area contributed by atoms with Gasteiger partial charge in [-0.3, -0.25) is 4.79 Å². The summed E-state index contributed by atoms with van der Waals surface area (Å²) < 4.78 is 10.8. The maximum absolute atomic E-state index is 12.3. The van der Waals surface area contributed by atoms with E-state index >= 15 is 0 Å². The van der Waals surface area contributed by atoms with E-state index in [0.717, 1.165) is 31.0 Å². The van der Waals surface area contributed by atoms with E-state index in [2.05, 4.69) is 15.9 Å². The van der Waals surface area contributed by atoms with E-state index in [1.165, 1.54) is 0 Å². The number of alkyl halides is 1. The summed E-state index contributed by atoms with van der Waals surface area (Å²) in [6.07, 6.45) is 3.00. The summed E-state index contributed by atoms with van der Waals surface area (Å²) in [6.45, 7) is 8.81. The van der Waals surface area contributed by atoms with E-state index in [1.807, 2.05) is 27.7 Å². The number of halogens is 1. The SMILES string of the molecule is CC(C)(C)OC(=O)N1CCCC(C)(C(=O)OCCCCBr)C1. The van der Waals surface area contributed by atoms with Crippen molar-refractivity contribution in [2.45, 2.75) is 59.0 Å². The second kappa shape index (κ2) is 8.18. The number of piperidine rings is 1. The molecule has 1 amide bonds. The van der Waals surface area contributed by atoms with Crippen LogP contribution < -0.4 is 0 Å². The van der Waals surface area contributed by atoms with Gasteiger partial charge in [-0.1, -0.05) is 15.9 Å². The van der Waals surface area contributed by atoms with Gasteiger partial charge in [-0.15, -0.1) is 0 Å². The lowest BCUT2D eigenvalue weighted by Gasteiger charge is -2.39. The van der Waals surface area contributed by atoms with Crippen LogP contribution >= 0.6 is 15.9 Å². The highest BCUT2D eigenvalue weighted by molar-refractivity contribution is 9.09. The summed E-state index contributed by atoms with van der Waals surface area (Å²) in [5, 5.41) is 0.911. The van der Waals surface area contributed by atoms with E-state index < -0.39 is 11.0 Å². The van der Waals surface area contributed by atoms with E-state index in [-0.39, 0.29) is 12.1 Å². The predicted molar refractivity (Wildman–Crippen MR) is 89.1 cm³/mol. The number of hydrogen-bond acceptors (Lipinski definition) is 4. The molecule has 1 aliphatic rings. The van der Waals surface area contributed by atoms with Crippen LogP contribution in [-0.2, 0) is 14.3 Å². The first-order chi connectivity index (χ1) is 10.2. The number of carbonyl (C=O) groups excluding carboxylic acids is 2. The fourth-order valence-corrected chi connectivity index (χ4v) is 2.82. The number of esters is 1. The number of likely N-dealkylation sites (tertiary alicyclic amines) is 1. The fourth-order valence-electron chi connectivity index (χ4n) is 2.42. The largest absolute Gasteiger partial charge is 0.465 e. The fraction of sp³-hybridized carbons (Fsp3) is 0.875. The van der Waals surface area contributed by atoms with E-state index in [1.54, 1.807) is 4.90 Å². The van der Waals surface area contributed by atoms with Crippen molar-refractivity contribution in [3.8, 4) is 0 Å². The Morgan fingerprint density at radius 1 is 1.27 bits per heavy atom. The van der Waals surface area contributed by atoms with Gasteiger partial charge in [0.2, 0.25) is 0 Å². The lowest BCUT2D eigenvalue weighted by atomic mass is 9.82. The molecule has 0 aromatic rings. The lowest BCUT2D eigenvalue weighted by molar-refractivity contribution is -0.158. The summed E-state index contributed by atoms with van der Waals surface area (Å²) in [4.78, 5) is 26.1. The molecule has 1 atom stereocenters. The number of ether oxygens (including phenoxy) is 2. The van der Waals surface area contributed by atoms with Crippen molar-refractivity contribution in [1.82, 2.24) is 4.90 Å². The predicted octanol–water partition coefficient (Wildman–Crippen LogP) is 3.74. The normalized spacial score (nSPS) is 22.3. The molecule has 0 bridgehead atoms. The van der Waals surface area contributed by atoms with Crippen LogP contribution in [0.3, 0.4) is 0 Å². The van der Waals surface area contributed by atoms with Gasteiger partial charge in [0.05, 0.1) is 12.0 Å². The third-order valence-corrected chi connectivity index (χ3v) is 4.16. The van der Waals surface area contributed by atoms with Crippen LogP contribution in [-0.4, -0.2) is 47.6 Å². The van der Waals surface area contributed by atoms with Gasteiger partial charge in [0.1, 0.15) is 5.60 Å². The lowest BCUT2D eigenvalue weighted by Crippen LogP contribution is -2.50. The van der Waals surface area contributed by atoms with Crippen molar-refractivity contribution in [2.75, 3.05) is 25.0 Å². The van der Waals surface area contributed by atoms with Gasteiger partial charge >= 0.3 is 12.1 Å². The maximum Gasteiger partial charge on any atom is 0.410 e. The Morgan fingerprint density at radius 3 is 2.55 bits per heavy atom. The summed E-state index contributed by atoms with van der Waals surface area (Å²) in [7, 11) is 0. The van der Waals surface area contributed by atoms with Gasteiger partial charge in [-0.25, -0.2) is 4.79 Å². The average molecular weight is 378 g/mol. The summed E-state index contributed by atoms with van der Waals surface area (Å²) >= 11 is 3.35. The van der Waals surface area contributed by atoms with Crippen LogP contribution in [0.25, 0.3) is 0 Å². The van der Waals surface area contributed by atoms with E-state index in [4.69, 9.17) is 9.47 Å². The number of amides is 1. The molecule has 0 aromatic carbocycles. The minimum absolute atomic E-state index is 0.213. The summed E-state index contributed by atoms with van der Waals surface area (Å²) in [5.41, 5.74) is -1.16. The highest BCUT2D eigenvalue weighted by Gasteiger charge is 2.41. The Kier molecular flexibility index (Phi) is 7.16. The van der Waals surface area contributed by atoms with Gasteiger partial charge in [-0.2, -0.15) is 0 Å². The number of rotatable bonds is 5. The highest BCUT2D eigenvalue weighted by Crippen LogP contribution is 2.31. The first-order valence-corrected chi connectivity index (χ1v) is 9.01. The zero-order chi connectivity index (χ0) is 16.8. The molecule has 1 aliphatic heterocycles. The molecule has 1 heterocycles. The molecule has 1 rings (SSSR count). The number of unbranched alkanes of at least 4 members (excludes halogenated alkanes) is 1. The van der Waals surface area contributed by atoms with Crippen LogP contribution in [0.15, 0.2) is 0 Å². The third-order valence-electron chi connectivity index (χ3n) is 3.60. The second-order valence-corrected chi connectivity index (χ2v) is 7.89. The molecule has 6 heteroatoms. The molecule has 5 nitrogen and oxygen atoms in total. The molecule has 1 fully saturated rings. The smallest absolute Gasteiger partial charge is 0.410 e. The van der Waals surface area contributed by atoms with Gasteiger partial charge in [-0.05, 0) is 53.4 Å². The van der Waals surface area contributed by atoms with Crippen LogP contribution in [0.2, 0.25) is 0 Å². The summed E-state index contributed by atoms with van der Waals surface area (Å²) in [6, 6.07) is 0. The van der Waals surface area contributed by atoms with Gasteiger partial charge in [0.25, 0.3) is 0 Å². The van der Waals surface area contributed by atoms with E-state index in [0.29, 0.717) is 19.7 Å². The van der Waals surface area contributed by atoms with Crippen LogP contribution in [0.4, 0.5) is 4.79 Å². The molecular weight excluding hydrogens is 350 g/mol. The average Bonchev–Trinajstić information content (AvgIpc) is 2.41. The molecule has 0 spiro atoms. The molecule has 128 valence electrons. The second-order valence-electron chi connectivity index (χ2n) is 7.10. The zero-order valence-electron chi connectivity index (χ0n) is 14.1. The van der Waals surface area contributed by atoms with Crippen molar-refractivity contribution in [2.24, 2.45) is 5.41 Å². The first-order valence-electron chi connectivity index (χ1n) is 7.89. The quantitative estimate of drug-likeness (QED) is 0.416. The minimum atomic E-state index is -0.635. The van der Waals surface area contributed by atoms with Crippen molar-refractivity contribution in [1.29, 1.82) is 0 Å².